The lowest BCUT2D eigenvalue weighted by Gasteiger charge is -2.15. The number of rotatable bonds is 5. The van der Waals surface area contributed by atoms with Gasteiger partial charge in [0.15, 0.2) is 6.10 Å². The lowest BCUT2D eigenvalue weighted by Crippen LogP contribution is -2.47. The van der Waals surface area contributed by atoms with Gasteiger partial charge in [-0.25, -0.2) is 0 Å². The fourth-order valence-electron chi connectivity index (χ4n) is 2.59. The van der Waals surface area contributed by atoms with Gasteiger partial charge >= 0.3 is 0 Å². The molecule has 3 aromatic rings. The highest BCUT2D eigenvalue weighted by Gasteiger charge is 2.17. The first kappa shape index (κ1) is 17.9. The molecule has 0 aliphatic carbocycles. The molecule has 2 amide bonds. The number of thiophene rings is 1. The Morgan fingerprint density at radius 3 is 2.62 bits per heavy atom. The van der Waals surface area contributed by atoms with Gasteiger partial charge in [0, 0.05) is 0 Å². The van der Waals surface area contributed by atoms with Gasteiger partial charge in [0.05, 0.1) is 4.88 Å². The van der Waals surface area contributed by atoms with Crippen molar-refractivity contribution in [3.05, 3.63) is 64.4 Å². The average molecular weight is 368 g/mol. The molecule has 1 aromatic heterocycles. The van der Waals surface area contributed by atoms with Crippen molar-refractivity contribution in [2.24, 2.45) is 0 Å². The zero-order chi connectivity index (χ0) is 18.5. The first-order valence-corrected chi connectivity index (χ1v) is 9.28. The largest absolute Gasteiger partial charge is 0.481 e. The van der Waals surface area contributed by atoms with Crippen LogP contribution in [-0.2, 0) is 11.2 Å². The number of hydrogen-bond acceptors (Lipinski definition) is 4. The van der Waals surface area contributed by atoms with Crippen LogP contribution in [0.3, 0.4) is 0 Å². The van der Waals surface area contributed by atoms with Crippen molar-refractivity contribution in [1.29, 1.82) is 0 Å². The van der Waals surface area contributed by atoms with E-state index in [-0.39, 0.29) is 5.91 Å². The second-order valence-corrected chi connectivity index (χ2v) is 6.76. The molecule has 2 aromatic carbocycles. The van der Waals surface area contributed by atoms with Crippen LogP contribution >= 0.6 is 11.3 Å². The van der Waals surface area contributed by atoms with Crippen LogP contribution in [0.15, 0.2) is 53.9 Å². The van der Waals surface area contributed by atoms with Crippen LogP contribution in [0.5, 0.6) is 5.75 Å². The van der Waals surface area contributed by atoms with E-state index in [0.29, 0.717) is 10.6 Å². The number of nitrogens with one attached hydrogen (secondary N) is 2. The number of carbonyl (C=O) groups is 2. The van der Waals surface area contributed by atoms with E-state index < -0.39 is 12.0 Å². The summed E-state index contributed by atoms with van der Waals surface area (Å²) in [6.07, 6.45) is 0.0206. The Morgan fingerprint density at radius 2 is 1.85 bits per heavy atom. The number of hydrogen-bond donors (Lipinski definition) is 2. The monoisotopic (exact) mass is 368 g/mol. The highest BCUT2D eigenvalue weighted by atomic mass is 32.1. The molecule has 26 heavy (non-hydrogen) atoms. The van der Waals surface area contributed by atoms with Crippen molar-refractivity contribution >= 4 is 33.9 Å². The van der Waals surface area contributed by atoms with Gasteiger partial charge in [0.25, 0.3) is 11.8 Å². The molecule has 0 fully saturated rings. The van der Waals surface area contributed by atoms with Gasteiger partial charge in [-0.3, -0.25) is 20.4 Å². The molecule has 1 unspecified atom stereocenters. The van der Waals surface area contributed by atoms with Gasteiger partial charge in [-0.05, 0) is 53.3 Å². The van der Waals surface area contributed by atoms with Crippen LogP contribution < -0.4 is 15.6 Å². The van der Waals surface area contributed by atoms with Gasteiger partial charge in [-0.1, -0.05) is 37.3 Å². The second kappa shape index (κ2) is 8.01. The van der Waals surface area contributed by atoms with Crippen molar-refractivity contribution in [1.82, 2.24) is 10.9 Å². The fraction of sp³-hybridized carbons (Fsp3) is 0.200. The summed E-state index contributed by atoms with van der Waals surface area (Å²) in [5.41, 5.74) is 5.83. The Balaban J connectivity index is 1.58. The number of fused-ring (bicyclic) bond motifs is 1. The van der Waals surface area contributed by atoms with Gasteiger partial charge in [0.1, 0.15) is 5.75 Å². The van der Waals surface area contributed by atoms with Gasteiger partial charge in [-0.15, -0.1) is 11.3 Å². The summed E-state index contributed by atoms with van der Waals surface area (Å²) in [7, 11) is 0. The minimum Gasteiger partial charge on any atom is -0.481 e. The molecule has 134 valence electrons. The number of hydrazine groups is 1. The number of ether oxygens (including phenoxy) is 1. The molecular weight excluding hydrogens is 348 g/mol. The normalized spacial score (nSPS) is 11.8. The van der Waals surface area contributed by atoms with E-state index in [4.69, 9.17) is 4.74 Å². The topological polar surface area (TPSA) is 67.4 Å². The van der Waals surface area contributed by atoms with E-state index >= 15 is 0 Å². The van der Waals surface area contributed by atoms with E-state index in [1.54, 1.807) is 6.92 Å². The molecule has 0 radical (unpaired) electrons. The van der Waals surface area contributed by atoms with E-state index in [9.17, 15) is 9.59 Å². The molecule has 0 aliphatic heterocycles. The van der Waals surface area contributed by atoms with Crippen LogP contribution in [-0.4, -0.2) is 17.9 Å². The second-order valence-electron chi connectivity index (χ2n) is 5.84. The summed E-state index contributed by atoms with van der Waals surface area (Å²) in [6.45, 7) is 3.62. The minimum absolute atomic E-state index is 0.317. The lowest BCUT2D eigenvalue weighted by atomic mass is 10.1. The SMILES string of the molecule is CCc1ccsc1C(=O)NNC(=O)C(C)Oc1ccc2ccccc2c1. The summed E-state index contributed by atoms with van der Waals surface area (Å²) in [4.78, 5) is 25.0. The predicted molar refractivity (Wildman–Crippen MR) is 103 cm³/mol. The maximum Gasteiger partial charge on any atom is 0.280 e. The van der Waals surface area contributed by atoms with Crippen molar-refractivity contribution in [3.63, 3.8) is 0 Å². The maximum absolute atomic E-state index is 12.2. The molecule has 0 saturated carbocycles. The van der Waals surface area contributed by atoms with Crippen molar-refractivity contribution in [3.8, 4) is 5.75 Å². The molecule has 3 rings (SSSR count). The highest BCUT2D eigenvalue weighted by molar-refractivity contribution is 7.12. The summed E-state index contributed by atoms with van der Waals surface area (Å²) in [5, 5.41) is 4.00. The number of carbonyl (C=O) groups excluding carboxylic acids is 2. The Morgan fingerprint density at radius 1 is 1.08 bits per heavy atom. The third-order valence-corrected chi connectivity index (χ3v) is 4.99. The first-order chi connectivity index (χ1) is 12.6. The molecule has 1 heterocycles. The van der Waals surface area contributed by atoms with Crippen molar-refractivity contribution in [2.45, 2.75) is 26.4 Å². The van der Waals surface area contributed by atoms with E-state index in [0.717, 1.165) is 22.8 Å². The number of benzene rings is 2. The Kier molecular flexibility index (Phi) is 5.53. The van der Waals surface area contributed by atoms with E-state index in [2.05, 4.69) is 10.9 Å². The quantitative estimate of drug-likeness (QED) is 0.675. The molecule has 1 atom stereocenters. The molecule has 0 aliphatic rings. The number of amides is 2. The van der Waals surface area contributed by atoms with E-state index in [1.807, 2.05) is 60.8 Å². The van der Waals surface area contributed by atoms with Crippen molar-refractivity contribution < 1.29 is 14.3 Å². The summed E-state index contributed by atoms with van der Waals surface area (Å²) in [5.74, 6) is -0.131. The molecule has 0 saturated heterocycles. The van der Waals surface area contributed by atoms with Crippen LogP contribution in [0, 0.1) is 0 Å². The molecule has 2 N–H and O–H groups in total. The third-order valence-electron chi connectivity index (χ3n) is 4.04. The average Bonchev–Trinajstić information content (AvgIpc) is 3.14. The predicted octanol–water partition coefficient (Wildman–Crippen LogP) is 3.69. The van der Waals surface area contributed by atoms with Gasteiger partial charge in [0.2, 0.25) is 0 Å². The summed E-state index contributed by atoms with van der Waals surface area (Å²) < 4.78 is 5.69. The van der Waals surface area contributed by atoms with Crippen LogP contribution in [0.4, 0.5) is 0 Å². The summed E-state index contributed by atoms with van der Waals surface area (Å²) >= 11 is 1.35. The van der Waals surface area contributed by atoms with Crippen molar-refractivity contribution in [2.75, 3.05) is 0 Å². The highest BCUT2D eigenvalue weighted by Crippen LogP contribution is 2.21. The van der Waals surface area contributed by atoms with Crippen LogP contribution in [0.25, 0.3) is 10.8 Å². The third kappa shape index (κ3) is 4.03. The molecule has 5 nitrogen and oxygen atoms in total. The first-order valence-electron chi connectivity index (χ1n) is 8.40. The smallest absolute Gasteiger partial charge is 0.280 e. The Hall–Kier alpha value is -2.86. The van der Waals surface area contributed by atoms with E-state index in [1.165, 1.54) is 11.3 Å². The van der Waals surface area contributed by atoms with Crippen LogP contribution in [0.1, 0.15) is 29.1 Å². The molecule has 0 bridgehead atoms. The number of aryl methyl sites for hydroxylation is 1. The fourth-order valence-corrected chi connectivity index (χ4v) is 3.48. The summed E-state index contributed by atoms with van der Waals surface area (Å²) in [6, 6.07) is 15.5. The standard InChI is InChI=1S/C20H20N2O3S/c1-3-14-10-11-26-18(14)20(24)22-21-19(23)13(2)25-17-9-8-15-6-4-5-7-16(15)12-17/h4-13H,3H2,1-2H3,(H,21,23)(H,22,24). The van der Waals surface area contributed by atoms with Gasteiger partial charge in [-0.2, -0.15) is 0 Å². The minimum atomic E-state index is -0.745. The Labute approximate surface area is 156 Å². The lowest BCUT2D eigenvalue weighted by molar-refractivity contribution is -0.128. The van der Waals surface area contributed by atoms with Gasteiger partial charge < -0.3 is 4.74 Å². The zero-order valence-corrected chi connectivity index (χ0v) is 15.4. The molecule has 0 spiro atoms. The zero-order valence-electron chi connectivity index (χ0n) is 14.6. The maximum atomic E-state index is 12.2. The molecule has 6 heteroatoms. The molecular formula is C20H20N2O3S. The van der Waals surface area contributed by atoms with Crippen LogP contribution in [0.2, 0.25) is 0 Å². The Bertz CT molecular complexity index is 935.